The molecule has 0 nitrogen and oxygen atoms in total. The van der Waals surface area contributed by atoms with E-state index in [-0.39, 0.29) is 5.41 Å². The number of benzene rings is 8. The van der Waals surface area contributed by atoms with Crippen molar-refractivity contribution in [1.82, 2.24) is 0 Å². The van der Waals surface area contributed by atoms with Crippen molar-refractivity contribution in [2.75, 3.05) is 0 Å². The van der Waals surface area contributed by atoms with Crippen molar-refractivity contribution in [1.29, 1.82) is 0 Å². The summed E-state index contributed by atoms with van der Waals surface area (Å²) < 4.78 is 0. The van der Waals surface area contributed by atoms with Crippen LogP contribution in [-0.2, 0) is 5.41 Å². The van der Waals surface area contributed by atoms with Gasteiger partial charge in [0.15, 0.2) is 0 Å². The summed E-state index contributed by atoms with van der Waals surface area (Å²) in [5, 5.41) is 10.7. The predicted octanol–water partition coefficient (Wildman–Crippen LogP) is 13.4. The lowest BCUT2D eigenvalue weighted by molar-refractivity contribution is -0.0398. The Labute approximate surface area is 293 Å². The Morgan fingerprint density at radius 3 is 1.46 bits per heavy atom. The lowest BCUT2D eigenvalue weighted by atomic mass is 9.43. The van der Waals surface area contributed by atoms with Crippen LogP contribution in [0, 0.1) is 23.7 Å². The molecular formula is C50H38. The third-order valence-corrected chi connectivity index (χ3v) is 13.8. The summed E-state index contributed by atoms with van der Waals surface area (Å²) in [7, 11) is 0. The maximum atomic E-state index is 2.64. The Kier molecular flexibility index (Phi) is 5.49. The van der Waals surface area contributed by atoms with Crippen molar-refractivity contribution >= 4 is 43.1 Å². The van der Waals surface area contributed by atoms with Crippen LogP contribution in [0.1, 0.15) is 43.2 Å². The topological polar surface area (TPSA) is 0 Å². The van der Waals surface area contributed by atoms with E-state index in [1.54, 1.807) is 11.1 Å². The van der Waals surface area contributed by atoms with Crippen LogP contribution in [0.2, 0.25) is 0 Å². The molecule has 4 saturated carbocycles. The van der Waals surface area contributed by atoms with Crippen LogP contribution in [-0.4, -0.2) is 0 Å². The number of hydrogen-bond acceptors (Lipinski definition) is 0. The fraction of sp³-hybridized carbons (Fsp3) is 0.200. The van der Waals surface area contributed by atoms with E-state index in [1.807, 2.05) is 0 Å². The molecule has 50 heavy (non-hydrogen) atoms. The van der Waals surface area contributed by atoms with Gasteiger partial charge in [-0.1, -0.05) is 133 Å². The summed E-state index contributed by atoms with van der Waals surface area (Å²) in [5.41, 5.74) is 11.8. The molecule has 1 spiro atoms. The molecule has 8 aromatic rings. The Balaban J connectivity index is 1.21. The van der Waals surface area contributed by atoms with Crippen molar-refractivity contribution in [2.45, 2.75) is 37.5 Å². The highest BCUT2D eigenvalue weighted by Gasteiger charge is 2.61. The molecule has 5 aliphatic carbocycles. The first-order chi connectivity index (χ1) is 24.8. The summed E-state index contributed by atoms with van der Waals surface area (Å²) in [6.45, 7) is 0. The van der Waals surface area contributed by atoms with Gasteiger partial charge < -0.3 is 0 Å². The fourth-order valence-corrected chi connectivity index (χ4v) is 12.3. The van der Waals surface area contributed by atoms with E-state index in [4.69, 9.17) is 0 Å². The second kappa shape index (κ2) is 9.95. The first-order valence-corrected chi connectivity index (χ1v) is 18.9. The molecule has 4 bridgehead atoms. The van der Waals surface area contributed by atoms with Crippen molar-refractivity contribution in [3.05, 3.63) is 157 Å². The Bertz CT molecular complexity index is 2640. The number of hydrogen-bond donors (Lipinski definition) is 0. The highest BCUT2D eigenvalue weighted by molar-refractivity contribution is 6.24. The zero-order valence-electron chi connectivity index (χ0n) is 28.2. The molecule has 4 fully saturated rings. The van der Waals surface area contributed by atoms with Gasteiger partial charge in [-0.2, -0.15) is 0 Å². The van der Waals surface area contributed by atoms with Gasteiger partial charge in [-0.3, -0.25) is 0 Å². The second-order valence-corrected chi connectivity index (χ2v) is 16.0. The number of fused-ring (bicyclic) bond motifs is 7. The Morgan fingerprint density at radius 2 is 0.820 bits per heavy atom. The molecule has 0 aromatic heterocycles. The maximum Gasteiger partial charge on any atom is 0.0272 e. The quantitative estimate of drug-likeness (QED) is 0.165. The third-order valence-electron chi connectivity index (χ3n) is 13.8. The predicted molar refractivity (Wildman–Crippen MR) is 211 cm³/mol. The van der Waals surface area contributed by atoms with Crippen LogP contribution >= 0.6 is 0 Å². The molecule has 13 rings (SSSR count). The van der Waals surface area contributed by atoms with E-state index in [9.17, 15) is 0 Å². The molecule has 0 atom stereocenters. The van der Waals surface area contributed by atoms with E-state index in [1.165, 1.54) is 109 Å². The standard InChI is InChI=1S/C50H38/c1-2-13-34-29-46-44(28-33(34)12-1)49-43(21-10-22-45(49)50(46)35-24-30-23-31(26-35)27-36(50)25-30)48-41-18-7-5-16-39(41)47(40-17-6-8-19-42(40)48)38-20-9-14-32-11-3-4-15-37(32)38/h1-22,28-31,35-36H,23-27H2. The van der Waals surface area contributed by atoms with Crippen molar-refractivity contribution < 1.29 is 0 Å². The minimum Gasteiger partial charge on any atom is -0.0616 e. The molecule has 5 aliphatic rings. The van der Waals surface area contributed by atoms with Crippen LogP contribution in [0.25, 0.3) is 76.5 Å². The molecule has 0 saturated heterocycles. The fourth-order valence-electron chi connectivity index (χ4n) is 12.3. The molecule has 8 aromatic carbocycles. The average Bonchev–Trinajstić information content (AvgIpc) is 3.44. The van der Waals surface area contributed by atoms with Crippen LogP contribution < -0.4 is 0 Å². The summed E-state index contributed by atoms with van der Waals surface area (Å²) in [4.78, 5) is 0. The minimum absolute atomic E-state index is 0.118. The second-order valence-electron chi connectivity index (χ2n) is 16.0. The Morgan fingerprint density at radius 1 is 0.340 bits per heavy atom. The highest BCUT2D eigenvalue weighted by atomic mass is 14.6. The lowest BCUT2D eigenvalue weighted by Gasteiger charge is -2.61. The molecule has 0 heteroatoms. The highest BCUT2D eigenvalue weighted by Crippen LogP contribution is 2.70. The van der Waals surface area contributed by atoms with Crippen LogP contribution in [0.4, 0.5) is 0 Å². The van der Waals surface area contributed by atoms with E-state index in [0.717, 1.165) is 23.7 Å². The summed E-state index contributed by atoms with van der Waals surface area (Å²) >= 11 is 0. The summed E-state index contributed by atoms with van der Waals surface area (Å²) in [6, 6.07) is 55.9. The van der Waals surface area contributed by atoms with Gasteiger partial charge in [0.05, 0.1) is 0 Å². The molecular weight excluding hydrogens is 601 g/mol. The zero-order chi connectivity index (χ0) is 32.6. The first-order valence-electron chi connectivity index (χ1n) is 18.9. The van der Waals surface area contributed by atoms with Crippen LogP contribution in [0.5, 0.6) is 0 Å². The van der Waals surface area contributed by atoms with Crippen LogP contribution in [0.3, 0.4) is 0 Å². The molecule has 0 aliphatic heterocycles. The normalized spacial score (nSPS) is 24.5. The van der Waals surface area contributed by atoms with E-state index >= 15 is 0 Å². The molecule has 0 amide bonds. The minimum atomic E-state index is 0.118. The average molecular weight is 639 g/mol. The lowest BCUT2D eigenvalue weighted by Crippen LogP contribution is -2.55. The SMILES string of the molecule is c1cc(-c2c3ccccc3c(-c3cccc4ccccc34)c3ccccc23)c2c(c1)C1(c3cc4ccccc4cc3-2)C2CC3CC(C2)CC1C3. The van der Waals surface area contributed by atoms with E-state index < -0.39 is 0 Å². The van der Waals surface area contributed by atoms with Gasteiger partial charge in [-0.25, -0.2) is 0 Å². The molecule has 0 unspecified atom stereocenters. The molecule has 0 radical (unpaired) electrons. The van der Waals surface area contributed by atoms with Crippen molar-refractivity contribution in [2.24, 2.45) is 23.7 Å². The summed E-state index contributed by atoms with van der Waals surface area (Å²) in [6.07, 6.45) is 7.06. The molecule has 238 valence electrons. The monoisotopic (exact) mass is 638 g/mol. The summed E-state index contributed by atoms with van der Waals surface area (Å²) in [5.74, 6) is 3.32. The maximum absolute atomic E-state index is 2.64. The van der Waals surface area contributed by atoms with Gasteiger partial charge in [0.1, 0.15) is 0 Å². The van der Waals surface area contributed by atoms with Crippen molar-refractivity contribution in [3.63, 3.8) is 0 Å². The van der Waals surface area contributed by atoms with Gasteiger partial charge in [0, 0.05) is 5.41 Å². The van der Waals surface area contributed by atoms with Gasteiger partial charge in [0.2, 0.25) is 0 Å². The van der Waals surface area contributed by atoms with Gasteiger partial charge >= 0.3 is 0 Å². The first kappa shape index (κ1) is 27.6. The largest absolute Gasteiger partial charge is 0.0616 e. The third kappa shape index (κ3) is 3.47. The van der Waals surface area contributed by atoms with Gasteiger partial charge in [-0.05, 0) is 156 Å². The van der Waals surface area contributed by atoms with Crippen LogP contribution in [0.15, 0.2) is 146 Å². The van der Waals surface area contributed by atoms with Gasteiger partial charge in [0.25, 0.3) is 0 Å². The molecule has 0 N–H and O–H groups in total. The zero-order valence-corrected chi connectivity index (χ0v) is 28.2. The van der Waals surface area contributed by atoms with Gasteiger partial charge in [-0.15, -0.1) is 0 Å². The smallest absolute Gasteiger partial charge is 0.0272 e. The number of rotatable bonds is 2. The molecule has 0 heterocycles. The van der Waals surface area contributed by atoms with Crippen molar-refractivity contribution in [3.8, 4) is 33.4 Å². The van der Waals surface area contributed by atoms with E-state index in [2.05, 4.69) is 146 Å². The van der Waals surface area contributed by atoms with E-state index in [0.29, 0.717) is 0 Å². The Hall–Kier alpha value is -5.20.